The number of carbonyl (C=O) groups excluding carboxylic acids is 1. The molecule has 8 nitrogen and oxygen atoms in total. The van der Waals surface area contributed by atoms with E-state index in [0.29, 0.717) is 11.5 Å². The maximum Gasteiger partial charge on any atom is 0.277 e. The first kappa shape index (κ1) is 15.4. The molecule has 3 aromatic heterocycles. The lowest BCUT2D eigenvalue weighted by Crippen LogP contribution is -2.26. The lowest BCUT2D eigenvalue weighted by molar-refractivity contribution is 0.0256. The molecule has 4 rings (SSSR count). The summed E-state index contributed by atoms with van der Waals surface area (Å²) >= 11 is 0. The fourth-order valence-corrected chi connectivity index (χ4v) is 2.66. The Morgan fingerprint density at radius 1 is 1.20 bits per heavy atom. The molecular weight excluding hydrogens is 332 g/mol. The highest BCUT2D eigenvalue weighted by molar-refractivity contribution is 6.02. The molecule has 0 bridgehead atoms. The maximum atomic E-state index is 13.4. The van der Waals surface area contributed by atoms with Crippen LogP contribution in [0, 0.1) is 0 Å². The van der Waals surface area contributed by atoms with E-state index in [9.17, 15) is 13.6 Å². The molecule has 0 unspecified atom stereocenters. The molecule has 1 aliphatic rings. The smallest absolute Gasteiger partial charge is 0.277 e. The number of aromatic nitrogens is 5. The van der Waals surface area contributed by atoms with Crippen molar-refractivity contribution in [2.24, 2.45) is 0 Å². The second-order valence-electron chi connectivity index (χ2n) is 5.68. The van der Waals surface area contributed by atoms with Crippen molar-refractivity contribution in [3.05, 3.63) is 42.6 Å². The van der Waals surface area contributed by atoms with Crippen LogP contribution in [0.1, 0.15) is 16.9 Å². The second kappa shape index (κ2) is 5.72. The molecule has 0 saturated carbocycles. The van der Waals surface area contributed by atoms with Crippen LogP contribution >= 0.6 is 0 Å². The first-order valence-corrected chi connectivity index (χ1v) is 7.57. The lowest BCUT2D eigenvalue weighted by Gasteiger charge is -2.17. The number of nitrogens with one attached hydrogen (secondary N) is 1. The number of nitrogens with zero attached hydrogens (tertiary/aromatic N) is 6. The molecular formula is C15H13F2N7O. The van der Waals surface area contributed by atoms with Gasteiger partial charge >= 0.3 is 0 Å². The first-order valence-electron chi connectivity index (χ1n) is 7.57. The molecule has 3 aromatic rings. The molecule has 0 radical (unpaired) electrons. The summed E-state index contributed by atoms with van der Waals surface area (Å²) in [6, 6.07) is 3.26. The Morgan fingerprint density at radius 3 is 2.80 bits per heavy atom. The van der Waals surface area contributed by atoms with E-state index in [1.165, 1.54) is 34.2 Å². The van der Waals surface area contributed by atoms with Gasteiger partial charge in [-0.25, -0.2) is 23.3 Å². The van der Waals surface area contributed by atoms with Crippen molar-refractivity contribution >= 4 is 23.2 Å². The summed E-state index contributed by atoms with van der Waals surface area (Å²) < 4.78 is 28.2. The van der Waals surface area contributed by atoms with Crippen molar-refractivity contribution in [3.8, 4) is 0 Å². The average molecular weight is 345 g/mol. The maximum absolute atomic E-state index is 13.4. The summed E-state index contributed by atoms with van der Waals surface area (Å²) in [5, 5.41) is 6.89. The van der Waals surface area contributed by atoms with Gasteiger partial charge in [0.2, 0.25) is 0 Å². The van der Waals surface area contributed by atoms with Crippen LogP contribution in [-0.2, 0) is 0 Å². The van der Waals surface area contributed by atoms with Crippen molar-refractivity contribution < 1.29 is 13.6 Å². The van der Waals surface area contributed by atoms with E-state index in [4.69, 9.17) is 0 Å². The third-order valence-electron chi connectivity index (χ3n) is 3.88. The molecule has 4 heterocycles. The highest BCUT2D eigenvalue weighted by Gasteiger charge is 2.38. The minimum atomic E-state index is -2.72. The zero-order chi connectivity index (χ0) is 17.4. The fraction of sp³-hybridized carbons (Fsp3) is 0.267. The number of amides is 1. The molecule has 1 aliphatic heterocycles. The van der Waals surface area contributed by atoms with Crippen molar-refractivity contribution in [1.29, 1.82) is 0 Å². The Bertz CT molecular complexity index is 928. The molecule has 1 amide bonds. The van der Waals surface area contributed by atoms with Crippen LogP contribution < -0.4 is 10.2 Å². The standard InChI is InChI=1S/C15H13F2N7O/c16-15(17)3-6-23(9-15)13-2-1-12-20-7-10(24(12)22-13)14(25)21-11-8-18-4-5-19-11/h1-2,4-5,7-8H,3,6,9H2,(H,19,21,25). The molecule has 0 aliphatic carbocycles. The number of halogens is 2. The minimum absolute atomic E-state index is 0.175. The molecule has 0 atom stereocenters. The van der Waals surface area contributed by atoms with Gasteiger partial charge in [0.15, 0.2) is 17.2 Å². The van der Waals surface area contributed by atoms with Gasteiger partial charge in [-0.15, -0.1) is 5.10 Å². The predicted octanol–water partition coefficient (Wildman–Crippen LogP) is 1.62. The third-order valence-corrected chi connectivity index (χ3v) is 3.88. The molecule has 0 aromatic carbocycles. The second-order valence-corrected chi connectivity index (χ2v) is 5.68. The SMILES string of the molecule is O=C(Nc1cnccn1)c1cnc2ccc(N3CCC(F)(F)C3)nn12. The van der Waals surface area contributed by atoms with E-state index >= 15 is 0 Å². The number of rotatable bonds is 3. The van der Waals surface area contributed by atoms with Crippen LogP contribution in [0.3, 0.4) is 0 Å². The van der Waals surface area contributed by atoms with Gasteiger partial charge in [-0.05, 0) is 12.1 Å². The van der Waals surface area contributed by atoms with Crippen LogP contribution in [0.5, 0.6) is 0 Å². The molecule has 1 saturated heterocycles. The summed E-state index contributed by atoms with van der Waals surface area (Å²) in [4.78, 5) is 25.9. The van der Waals surface area contributed by atoms with Crippen LogP contribution in [0.4, 0.5) is 20.4 Å². The third kappa shape index (κ3) is 2.97. The molecule has 0 spiro atoms. The minimum Gasteiger partial charge on any atom is -0.349 e. The zero-order valence-corrected chi connectivity index (χ0v) is 12.9. The van der Waals surface area contributed by atoms with E-state index in [2.05, 4.69) is 25.4 Å². The van der Waals surface area contributed by atoms with Gasteiger partial charge in [-0.1, -0.05) is 0 Å². The van der Waals surface area contributed by atoms with Crippen molar-refractivity contribution in [2.45, 2.75) is 12.3 Å². The fourth-order valence-electron chi connectivity index (χ4n) is 2.66. The topological polar surface area (TPSA) is 88.3 Å². The van der Waals surface area contributed by atoms with Crippen molar-refractivity contribution in [3.63, 3.8) is 0 Å². The number of fused-ring (bicyclic) bond motifs is 1. The number of imidazole rings is 1. The monoisotopic (exact) mass is 345 g/mol. The normalized spacial score (nSPS) is 16.3. The highest BCUT2D eigenvalue weighted by Crippen LogP contribution is 2.29. The molecule has 10 heteroatoms. The predicted molar refractivity (Wildman–Crippen MR) is 84.7 cm³/mol. The van der Waals surface area contributed by atoms with Gasteiger partial charge in [0.05, 0.1) is 18.9 Å². The Labute approximate surface area is 140 Å². The van der Waals surface area contributed by atoms with Crippen LogP contribution in [0.2, 0.25) is 0 Å². The Morgan fingerprint density at radius 2 is 2.08 bits per heavy atom. The number of hydrogen-bond acceptors (Lipinski definition) is 6. The van der Waals surface area contributed by atoms with Crippen molar-refractivity contribution in [2.75, 3.05) is 23.3 Å². The van der Waals surface area contributed by atoms with E-state index in [-0.39, 0.29) is 31.0 Å². The molecule has 1 N–H and O–H groups in total. The van der Waals surface area contributed by atoms with Gasteiger partial charge in [0.25, 0.3) is 11.8 Å². The number of anilines is 2. The van der Waals surface area contributed by atoms with Crippen LogP contribution in [0.15, 0.2) is 36.9 Å². The van der Waals surface area contributed by atoms with E-state index in [1.54, 1.807) is 12.1 Å². The highest BCUT2D eigenvalue weighted by atomic mass is 19.3. The first-order chi connectivity index (χ1) is 12.0. The average Bonchev–Trinajstić information content (AvgIpc) is 3.18. The molecule has 128 valence electrons. The van der Waals surface area contributed by atoms with Gasteiger partial charge in [0, 0.05) is 25.4 Å². The van der Waals surface area contributed by atoms with Gasteiger partial charge in [0.1, 0.15) is 5.82 Å². The van der Waals surface area contributed by atoms with Crippen LogP contribution in [-0.4, -0.2) is 49.5 Å². The summed E-state index contributed by atoms with van der Waals surface area (Å²) in [7, 11) is 0. The molecule has 25 heavy (non-hydrogen) atoms. The largest absolute Gasteiger partial charge is 0.349 e. The number of carbonyl (C=O) groups is 1. The van der Waals surface area contributed by atoms with E-state index in [0.717, 1.165) is 0 Å². The summed E-state index contributed by atoms with van der Waals surface area (Å²) in [6.07, 6.45) is 5.51. The van der Waals surface area contributed by atoms with Gasteiger partial charge < -0.3 is 10.2 Å². The zero-order valence-electron chi connectivity index (χ0n) is 12.9. The summed E-state index contributed by atoms with van der Waals surface area (Å²) in [6.45, 7) is -0.178. The summed E-state index contributed by atoms with van der Waals surface area (Å²) in [5.74, 6) is -2.53. The Balaban J connectivity index is 1.64. The van der Waals surface area contributed by atoms with Crippen LogP contribution in [0.25, 0.3) is 5.65 Å². The van der Waals surface area contributed by atoms with Gasteiger partial charge in [-0.3, -0.25) is 9.78 Å². The van der Waals surface area contributed by atoms with E-state index in [1.807, 2.05) is 0 Å². The quantitative estimate of drug-likeness (QED) is 0.776. The number of hydrogen-bond donors (Lipinski definition) is 1. The Kier molecular flexibility index (Phi) is 3.52. The summed E-state index contributed by atoms with van der Waals surface area (Å²) in [5.41, 5.74) is 0.618. The Hall–Kier alpha value is -3.17. The van der Waals surface area contributed by atoms with Crippen molar-refractivity contribution in [1.82, 2.24) is 24.6 Å². The lowest BCUT2D eigenvalue weighted by atomic mass is 10.3. The van der Waals surface area contributed by atoms with E-state index < -0.39 is 11.8 Å². The van der Waals surface area contributed by atoms with Gasteiger partial charge in [-0.2, -0.15) is 0 Å². The number of alkyl halides is 2. The molecule has 1 fully saturated rings.